The summed E-state index contributed by atoms with van der Waals surface area (Å²) < 4.78 is 0. The minimum atomic E-state index is 0.227. The number of amides is 1. The molecule has 1 N–H and O–H groups in total. The van der Waals surface area contributed by atoms with Gasteiger partial charge in [-0.15, -0.1) is 11.6 Å². The first-order valence-electron chi connectivity index (χ1n) is 6.52. The number of rotatable bonds is 4. The molecule has 1 saturated heterocycles. The normalized spacial score (nSPS) is 19.5. The molecule has 0 radical (unpaired) electrons. The highest BCUT2D eigenvalue weighted by Crippen LogP contribution is 2.21. The van der Waals surface area contributed by atoms with Gasteiger partial charge in [0.1, 0.15) is 0 Å². The second-order valence-electron chi connectivity index (χ2n) is 5.06. The summed E-state index contributed by atoms with van der Waals surface area (Å²) in [7, 11) is 0. The monoisotopic (exact) mass is 277 g/mol. The van der Waals surface area contributed by atoms with Gasteiger partial charge in [0.15, 0.2) is 0 Å². The molecule has 2 heterocycles. The summed E-state index contributed by atoms with van der Waals surface area (Å²) in [4.78, 5) is 13.7. The molecule has 5 heteroatoms. The standard InChI is InChI=1S/C14H16ClN3O/c15-7-10-6-14(19)18(9-10)5-4-11-2-1-3-13-12(11)8-16-17-13/h1-3,8,10H,4-7,9H2,(H,16,17). The number of H-pyrrole nitrogens is 1. The average molecular weight is 278 g/mol. The van der Waals surface area contributed by atoms with Crippen molar-refractivity contribution in [1.82, 2.24) is 15.1 Å². The first-order chi connectivity index (χ1) is 9.28. The highest BCUT2D eigenvalue weighted by Gasteiger charge is 2.28. The number of aromatic amines is 1. The largest absolute Gasteiger partial charge is 0.342 e. The second-order valence-corrected chi connectivity index (χ2v) is 5.37. The first kappa shape index (κ1) is 12.5. The molecule has 1 unspecified atom stereocenters. The van der Waals surface area contributed by atoms with E-state index in [1.54, 1.807) is 0 Å². The molecule has 1 fully saturated rings. The van der Waals surface area contributed by atoms with Crippen LogP contribution < -0.4 is 0 Å². The fraction of sp³-hybridized carbons (Fsp3) is 0.429. The average Bonchev–Trinajstić information content (AvgIpc) is 3.02. The van der Waals surface area contributed by atoms with Gasteiger partial charge in [0.25, 0.3) is 0 Å². The Morgan fingerprint density at radius 3 is 3.16 bits per heavy atom. The van der Waals surface area contributed by atoms with Crippen molar-refractivity contribution in [1.29, 1.82) is 0 Å². The van der Waals surface area contributed by atoms with Gasteiger partial charge in [0.2, 0.25) is 5.91 Å². The van der Waals surface area contributed by atoms with Crippen molar-refractivity contribution in [3.63, 3.8) is 0 Å². The van der Waals surface area contributed by atoms with Gasteiger partial charge < -0.3 is 4.90 Å². The van der Waals surface area contributed by atoms with Crippen LogP contribution in [0.15, 0.2) is 24.4 Å². The van der Waals surface area contributed by atoms with Crippen LogP contribution in [-0.2, 0) is 11.2 Å². The van der Waals surface area contributed by atoms with Crippen molar-refractivity contribution in [2.45, 2.75) is 12.8 Å². The van der Waals surface area contributed by atoms with Crippen LogP contribution in [0.5, 0.6) is 0 Å². The summed E-state index contributed by atoms with van der Waals surface area (Å²) in [6.07, 6.45) is 3.30. The van der Waals surface area contributed by atoms with Crippen LogP contribution in [0.4, 0.5) is 0 Å². The Kier molecular flexibility index (Phi) is 3.42. The molecule has 4 nitrogen and oxygen atoms in total. The Balaban J connectivity index is 1.69. The Morgan fingerprint density at radius 1 is 1.47 bits per heavy atom. The highest BCUT2D eigenvalue weighted by atomic mass is 35.5. The Hall–Kier alpha value is -1.55. The van der Waals surface area contributed by atoms with Gasteiger partial charge in [0, 0.05) is 30.8 Å². The lowest BCUT2D eigenvalue weighted by atomic mass is 10.1. The number of alkyl halides is 1. The molecule has 19 heavy (non-hydrogen) atoms. The molecule has 1 aliphatic rings. The van der Waals surface area contributed by atoms with Crippen molar-refractivity contribution in [3.05, 3.63) is 30.0 Å². The number of hydrogen-bond donors (Lipinski definition) is 1. The summed E-state index contributed by atoms with van der Waals surface area (Å²) in [5.74, 6) is 1.11. The van der Waals surface area contributed by atoms with E-state index in [1.807, 2.05) is 23.2 Å². The third-order valence-corrected chi connectivity index (χ3v) is 4.18. The van der Waals surface area contributed by atoms with Gasteiger partial charge >= 0.3 is 0 Å². The number of carbonyl (C=O) groups is 1. The lowest BCUT2D eigenvalue weighted by Crippen LogP contribution is -2.27. The van der Waals surface area contributed by atoms with E-state index in [0.717, 1.165) is 30.4 Å². The number of carbonyl (C=O) groups excluding carboxylic acids is 1. The molecule has 0 saturated carbocycles. The van der Waals surface area contributed by atoms with E-state index in [1.165, 1.54) is 5.56 Å². The van der Waals surface area contributed by atoms with E-state index in [0.29, 0.717) is 18.2 Å². The number of halogens is 1. The van der Waals surface area contributed by atoms with Crippen LogP contribution in [0.3, 0.4) is 0 Å². The number of aromatic nitrogens is 2. The molecular weight excluding hydrogens is 262 g/mol. The lowest BCUT2D eigenvalue weighted by Gasteiger charge is -2.16. The number of nitrogens with one attached hydrogen (secondary N) is 1. The Bertz CT molecular complexity index is 595. The van der Waals surface area contributed by atoms with Gasteiger partial charge in [-0.2, -0.15) is 5.10 Å². The number of fused-ring (bicyclic) bond motifs is 1. The van der Waals surface area contributed by atoms with Crippen LogP contribution in [0.1, 0.15) is 12.0 Å². The second kappa shape index (κ2) is 5.21. The smallest absolute Gasteiger partial charge is 0.222 e. The SMILES string of the molecule is O=C1CC(CCl)CN1CCc1cccc2[nH]ncc12. The number of nitrogens with zero attached hydrogens (tertiary/aromatic N) is 2. The minimum Gasteiger partial charge on any atom is -0.342 e. The third-order valence-electron chi connectivity index (χ3n) is 3.74. The fourth-order valence-corrected chi connectivity index (χ4v) is 2.88. The van der Waals surface area contributed by atoms with Gasteiger partial charge in [0.05, 0.1) is 11.7 Å². The maximum absolute atomic E-state index is 11.8. The van der Waals surface area contributed by atoms with Gasteiger partial charge in [-0.1, -0.05) is 12.1 Å². The summed E-state index contributed by atoms with van der Waals surface area (Å²) in [6, 6.07) is 6.12. The molecule has 0 spiro atoms. The van der Waals surface area contributed by atoms with Crippen LogP contribution in [-0.4, -0.2) is 40.0 Å². The predicted octanol–water partition coefficient (Wildman–Crippen LogP) is 2.19. The van der Waals surface area contributed by atoms with Crippen molar-refractivity contribution in [2.75, 3.05) is 19.0 Å². The van der Waals surface area contributed by atoms with Gasteiger partial charge in [-0.25, -0.2) is 0 Å². The molecule has 1 atom stereocenters. The molecule has 0 bridgehead atoms. The topological polar surface area (TPSA) is 49.0 Å². The van der Waals surface area contributed by atoms with Gasteiger partial charge in [-0.3, -0.25) is 9.89 Å². The Morgan fingerprint density at radius 2 is 2.37 bits per heavy atom. The van der Waals surface area contributed by atoms with E-state index >= 15 is 0 Å². The van der Waals surface area contributed by atoms with Crippen LogP contribution in [0, 0.1) is 5.92 Å². The van der Waals surface area contributed by atoms with Crippen LogP contribution in [0.25, 0.3) is 10.9 Å². The van der Waals surface area contributed by atoms with E-state index in [9.17, 15) is 4.79 Å². The zero-order valence-corrected chi connectivity index (χ0v) is 11.4. The summed E-state index contributed by atoms with van der Waals surface area (Å²) in [5, 5.41) is 8.17. The number of benzene rings is 1. The van der Waals surface area contributed by atoms with Crippen molar-refractivity contribution in [2.24, 2.45) is 5.92 Å². The summed E-state index contributed by atoms with van der Waals surface area (Å²) in [5.41, 5.74) is 2.28. The summed E-state index contributed by atoms with van der Waals surface area (Å²) in [6.45, 7) is 1.56. The highest BCUT2D eigenvalue weighted by molar-refractivity contribution is 6.18. The zero-order chi connectivity index (χ0) is 13.2. The molecule has 2 aromatic rings. The van der Waals surface area contributed by atoms with Crippen molar-refractivity contribution >= 4 is 28.4 Å². The predicted molar refractivity (Wildman–Crippen MR) is 75.2 cm³/mol. The summed E-state index contributed by atoms with van der Waals surface area (Å²) >= 11 is 5.83. The fourth-order valence-electron chi connectivity index (χ4n) is 2.68. The van der Waals surface area contributed by atoms with E-state index in [4.69, 9.17) is 11.6 Å². The molecule has 1 amide bonds. The molecule has 100 valence electrons. The molecule has 1 aliphatic heterocycles. The molecule has 0 aliphatic carbocycles. The first-order valence-corrected chi connectivity index (χ1v) is 7.06. The van der Waals surface area contributed by atoms with E-state index in [-0.39, 0.29) is 5.91 Å². The molecule has 3 rings (SSSR count). The molecule has 1 aromatic heterocycles. The van der Waals surface area contributed by atoms with Crippen molar-refractivity contribution < 1.29 is 4.79 Å². The van der Waals surface area contributed by atoms with Crippen LogP contribution in [0.2, 0.25) is 0 Å². The zero-order valence-electron chi connectivity index (χ0n) is 10.6. The minimum absolute atomic E-state index is 0.227. The maximum atomic E-state index is 11.8. The molecular formula is C14H16ClN3O. The number of likely N-dealkylation sites (tertiary alicyclic amines) is 1. The van der Waals surface area contributed by atoms with Gasteiger partial charge in [-0.05, 0) is 24.0 Å². The quantitative estimate of drug-likeness (QED) is 0.871. The van der Waals surface area contributed by atoms with E-state index in [2.05, 4.69) is 16.3 Å². The third kappa shape index (κ3) is 2.45. The Labute approximate surface area is 116 Å². The van der Waals surface area contributed by atoms with Crippen LogP contribution >= 0.6 is 11.6 Å². The lowest BCUT2D eigenvalue weighted by molar-refractivity contribution is -0.127. The maximum Gasteiger partial charge on any atom is 0.222 e. The van der Waals surface area contributed by atoms with Crippen molar-refractivity contribution in [3.8, 4) is 0 Å². The molecule has 1 aromatic carbocycles. The van der Waals surface area contributed by atoms with E-state index < -0.39 is 0 Å². The number of hydrogen-bond acceptors (Lipinski definition) is 2.